The number of rotatable bonds is 15. The predicted octanol–water partition coefficient (Wildman–Crippen LogP) is 8.25. The van der Waals surface area contributed by atoms with Gasteiger partial charge in [-0.2, -0.15) is 0 Å². The molecule has 0 amide bonds. The number of ether oxygens (including phenoxy) is 2. The van der Waals surface area contributed by atoms with E-state index in [0.717, 1.165) is 37.6 Å². The van der Waals surface area contributed by atoms with Gasteiger partial charge >= 0.3 is 0 Å². The zero-order valence-corrected chi connectivity index (χ0v) is 21.0. The zero-order valence-electron chi connectivity index (χ0n) is 16.7. The highest BCUT2D eigenvalue weighted by Gasteiger charge is 1.97. The van der Waals surface area contributed by atoms with Crippen LogP contribution < -0.4 is 9.47 Å². The Hall–Kier alpha value is -0.500. The fourth-order valence-electron chi connectivity index (χ4n) is 3.06. The Morgan fingerprint density at radius 3 is 1.04 bits per heavy atom. The average molecular weight is 606 g/mol. The number of unbranched alkanes of at least 4 members (excludes halogenated alkanes) is 9. The van der Waals surface area contributed by atoms with Crippen LogP contribution in [0.25, 0.3) is 0 Å². The molecule has 0 heterocycles. The van der Waals surface area contributed by atoms with Crippen LogP contribution >= 0.6 is 45.2 Å². The maximum absolute atomic E-state index is 5.77. The van der Waals surface area contributed by atoms with Crippen LogP contribution in [0.3, 0.4) is 0 Å². The molecule has 0 fully saturated rings. The number of halogens is 2. The van der Waals surface area contributed by atoms with Gasteiger partial charge < -0.3 is 9.47 Å². The Kier molecular flexibility index (Phi) is 13.0. The van der Waals surface area contributed by atoms with Crippen LogP contribution in [0, 0.1) is 7.14 Å². The molecule has 2 aromatic carbocycles. The highest BCUT2D eigenvalue weighted by atomic mass is 127. The van der Waals surface area contributed by atoms with Crippen molar-refractivity contribution in [1.82, 2.24) is 0 Å². The van der Waals surface area contributed by atoms with Crippen molar-refractivity contribution in [2.75, 3.05) is 13.2 Å². The fraction of sp³-hybridized carbons (Fsp3) is 0.500. The van der Waals surface area contributed by atoms with Crippen LogP contribution in [0.15, 0.2) is 48.5 Å². The van der Waals surface area contributed by atoms with Gasteiger partial charge in [0, 0.05) is 7.14 Å². The lowest BCUT2D eigenvalue weighted by Gasteiger charge is -2.07. The zero-order chi connectivity index (χ0) is 19.9. The molecule has 0 saturated heterocycles. The molecule has 0 aliphatic carbocycles. The SMILES string of the molecule is Ic1ccc(OCCCCCCCCCCCCOc2ccc(I)cc2)cc1. The van der Waals surface area contributed by atoms with Crippen molar-refractivity contribution < 1.29 is 9.47 Å². The van der Waals surface area contributed by atoms with Crippen LogP contribution in [0.2, 0.25) is 0 Å². The Bertz CT molecular complexity index is 569. The first-order valence-electron chi connectivity index (χ1n) is 10.5. The molecule has 0 atom stereocenters. The highest BCUT2D eigenvalue weighted by Crippen LogP contribution is 2.16. The topological polar surface area (TPSA) is 18.5 Å². The molecule has 2 rings (SSSR count). The second-order valence-corrected chi connectivity index (χ2v) is 9.63. The van der Waals surface area contributed by atoms with Gasteiger partial charge in [-0.25, -0.2) is 0 Å². The normalized spacial score (nSPS) is 10.8. The maximum atomic E-state index is 5.77. The monoisotopic (exact) mass is 606 g/mol. The summed E-state index contributed by atoms with van der Waals surface area (Å²) in [5.41, 5.74) is 0. The summed E-state index contributed by atoms with van der Waals surface area (Å²) >= 11 is 4.63. The van der Waals surface area contributed by atoms with Gasteiger partial charge in [0.25, 0.3) is 0 Å². The lowest BCUT2D eigenvalue weighted by atomic mass is 10.1. The minimum atomic E-state index is 0.838. The smallest absolute Gasteiger partial charge is 0.119 e. The molecule has 0 N–H and O–H groups in total. The highest BCUT2D eigenvalue weighted by molar-refractivity contribution is 14.1. The molecule has 0 saturated carbocycles. The maximum Gasteiger partial charge on any atom is 0.119 e. The molecule has 0 spiro atoms. The van der Waals surface area contributed by atoms with Gasteiger partial charge in [0.1, 0.15) is 11.5 Å². The average Bonchev–Trinajstić information content (AvgIpc) is 2.71. The molecule has 0 unspecified atom stereocenters. The van der Waals surface area contributed by atoms with Crippen molar-refractivity contribution >= 4 is 45.2 Å². The van der Waals surface area contributed by atoms with Gasteiger partial charge in [-0.05, 0) is 107 Å². The van der Waals surface area contributed by atoms with Gasteiger partial charge in [-0.3, -0.25) is 0 Å². The predicted molar refractivity (Wildman–Crippen MR) is 135 cm³/mol. The summed E-state index contributed by atoms with van der Waals surface area (Å²) < 4.78 is 14.0. The molecule has 0 aromatic heterocycles. The Labute approximate surface area is 198 Å². The van der Waals surface area contributed by atoms with E-state index in [1.807, 2.05) is 0 Å². The molecule has 2 nitrogen and oxygen atoms in total. The summed E-state index contributed by atoms with van der Waals surface area (Å²) in [6, 6.07) is 16.6. The molecule has 0 radical (unpaired) electrons. The summed E-state index contributed by atoms with van der Waals surface area (Å²) in [4.78, 5) is 0. The molecule has 154 valence electrons. The van der Waals surface area contributed by atoms with E-state index >= 15 is 0 Å². The fourth-order valence-corrected chi connectivity index (χ4v) is 3.78. The van der Waals surface area contributed by atoms with E-state index < -0.39 is 0 Å². The molecule has 4 heteroatoms. The van der Waals surface area contributed by atoms with E-state index in [9.17, 15) is 0 Å². The van der Waals surface area contributed by atoms with Crippen molar-refractivity contribution in [2.24, 2.45) is 0 Å². The van der Waals surface area contributed by atoms with E-state index in [-0.39, 0.29) is 0 Å². The largest absolute Gasteiger partial charge is 0.494 e. The summed E-state index contributed by atoms with van der Waals surface area (Å²) in [6.45, 7) is 1.68. The van der Waals surface area contributed by atoms with E-state index in [2.05, 4.69) is 93.7 Å². The van der Waals surface area contributed by atoms with Crippen molar-refractivity contribution in [3.8, 4) is 11.5 Å². The van der Waals surface area contributed by atoms with Gasteiger partial charge in [0.05, 0.1) is 13.2 Å². The summed E-state index contributed by atoms with van der Waals surface area (Å²) in [5.74, 6) is 1.98. The van der Waals surface area contributed by atoms with Gasteiger partial charge in [-0.1, -0.05) is 51.4 Å². The molecular formula is C24H32I2O2. The van der Waals surface area contributed by atoms with Crippen LogP contribution in [-0.4, -0.2) is 13.2 Å². The van der Waals surface area contributed by atoms with Crippen LogP contribution in [0.5, 0.6) is 11.5 Å². The second kappa shape index (κ2) is 15.4. The van der Waals surface area contributed by atoms with Gasteiger partial charge in [-0.15, -0.1) is 0 Å². The van der Waals surface area contributed by atoms with Crippen molar-refractivity contribution in [3.63, 3.8) is 0 Å². The first kappa shape index (κ1) is 23.8. The molecule has 28 heavy (non-hydrogen) atoms. The summed E-state index contributed by atoms with van der Waals surface area (Å²) in [6.07, 6.45) is 13.0. The summed E-state index contributed by atoms with van der Waals surface area (Å²) in [5, 5.41) is 0. The molecule has 0 aliphatic heterocycles. The Balaban J connectivity index is 1.30. The number of hydrogen-bond donors (Lipinski definition) is 0. The third-order valence-electron chi connectivity index (χ3n) is 4.70. The van der Waals surface area contributed by atoms with E-state index in [4.69, 9.17) is 9.47 Å². The first-order valence-corrected chi connectivity index (χ1v) is 12.7. The number of hydrogen-bond acceptors (Lipinski definition) is 2. The van der Waals surface area contributed by atoms with Gasteiger partial charge in [0.2, 0.25) is 0 Å². The third-order valence-corrected chi connectivity index (χ3v) is 6.14. The van der Waals surface area contributed by atoms with Crippen LogP contribution in [0.4, 0.5) is 0 Å². The Morgan fingerprint density at radius 1 is 0.429 bits per heavy atom. The summed E-state index contributed by atoms with van der Waals surface area (Å²) in [7, 11) is 0. The quantitative estimate of drug-likeness (QED) is 0.150. The van der Waals surface area contributed by atoms with Crippen LogP contribution in [-0.2, 0) is 0 Å². The molecule has 0 bridgehead atoms. The number of benzene rings is 2. The van der Waals surface area contributed by atoms with Crippen LogP contribution in [0.1, 0.15) is 64.2 Å². The van der Waals surface area contributed by atoms with E-state index in [1.165, 1.54) is 58.5 Å². The lowest BCUT2D eigenvalue weighted by molar-refractivity contribution is 0.303. The lowest BCUT2D eigenvalue weighted by Crippen LogP contribution is -1.97. The van der Waals surface area contributed by atoms with Crippen molar-refractivity contribution in [3.05, 3.63) is 55.7 Å². The minimum absolute atomic E-state index is 0.838. The first-order chi connectivity index (χ1) is 13.7. The van der Waals surface area contributed by atoms with Crippen molar-refractivity contribution in [1.29, 1.82) is 0 Å². The second-order valence-electron chi connectivity index (χ2n) is 7.14. The molecule has 0 aliphatic rings. The molecule has 2 aromatic rings. The molecular weight excluding hydrogens is 574 g/mol. The standard InChI is InChI=1S/C24H32I2O2/c25-21-11-15-23(16-12-21)27-19-9-7-5-3-1-2-4-6-8-10-20-28-24-17-13-22(26)14-18-24/h11-18H,1-10,19-20H2. The van der Waals surface area contributed by atoms with Crippen molar-refractivity contribution in [2.45, 2.75) is 64.2 Å². The minimum Gasteiger partial charge on any atom is -0.494 e. The third kappa shape index (κ3) is 11.5. The Morgan fingerprint density at radius 2 is 0.714 bits per heavy atom. The van der Waals surface area contributed by atoms with Gasteiger partial charge in [0.15, 0.2) is 0 Å². The van der Waals surface area contributed by atoms with E-state index in [1.54, 1.807) is 0 Å². The van der Waals surface area contributed by atoms with E-state index in [0.29, 0.717) is 0 Å².